The summed E-state index contributed by atoms with van der Waals surface area (Å²) in [5, 5.41) is 14.4. The molecular weight excluding hydrogens is 424 g/mol. The van der Waals surface area contributed by atoms with Gasteiger partial charge in [-0.2, -0.15) is 0 Å². The van der Waals surface area contributed by atoms with E-state index in [0.717, 1.165) is 11.3 Å². The highest BCUT2D eigenvalue weighted by atomic mass is 32.1. The molecule has 4 aromatic rings. The summed E-state index contributed by atoms with van der Waals surface area (Å²) in [6.45, 7) is 0.688. The van der Waals surface area contributed by atoms with Crippen LogP contribution in [0.2, 0.25) is 0 Å². The molecular formula is C24H20N4O3S. The lowest BCUT2D eigenvalue weighted by Gasteiger charge is -2.07. The van der Waals surface area contributed by atoms with Crippen LogP contribution in [0.25, 0.3) is 0 Å². The van der Waals surface area contributed by atoms with Crippen molar-refractivity contribution in [2.45, 2.75) is 13.2 Å². The fraction of sp³-hybridized carbons (Fsp3) is 0.0833. The van der Waals surface area contributed by atoms with Crippen molar-refractivity contribution in [3.63, 3.8) is 0 Å². The van der Waals surface area contributed by atoms with Crippen molar-refractivity contribution in [2.24, 2.45) is 0 Å². The molecule has 4 rings (SSSR count). The van der Waals surface area contributed by atoms with Crippen molar-refractivity contribution in [1.29, 1.82) is 0 Å². The van der Waals surface area contributed by atoms with Crippen LogP contribution in [0.3, 0.4) is 0 Å². The zero-order chi connectivity index (χ0) is 22.2. The summed E-state index contributed by atoms with van der Waals surface area (Å²) in [6, 6.07) is 25.7. The summed E-state index contributed by atoms with van der Waals surface area (Å²) in [5.41, 5.74) is 2.09. The molecule has 8 heteroatoms. The molecule has 0 fully saturated rings. The van der Waals surface area contributed by atoms with Gasteiger partial charge in [-0.1, -0.05) is 59.9 Å². The van der Waals surface area contributed by atoms with Gasteiger partial charge in [0.25, 0.3) is 11.8 Å². The fourth-order valence-corrected chi connectivity index (χ4v) is 3.48. The topological polar surface area (TPSA) is 93.2 Å². The molecule has 0 unspecified atom stereocenters. The van der Waals surface area contributed by atoms with Gasteiger partial charge in [0.05, 0.1) is 0 Å². The molecule has 7 nitrogen and oxygen atoms in total. The summed E-state index contributed by atoms with van der Waals surface area (Å²) in [6.07, 6.45) is 0. The number of para-hydroxylation sites is 1. The third-order valence-corrected chi connectivity index (χ3v) is 5.36. The Morgan fingerprint density at radius 3 is 2.22 bits per heavy atom. The number of anilines is 1. The van der Waals surface area contributed by atoms with Crippen molar-refractivity contribution in [3.05, 3.63) is 106 Å². The number of hydrogen-bond donors (Lipinski definition) is 2. The highest BCUT2D eigenvalue weighted by Gasteiger charge is 2.14. The lowest BCUT2D eigenvalue weighted by Crippen LogP contribution is -2.22. The number of aromatic nitrogens is 2. The van der Waals surface area contributed by atoms with E-state index in [-0.39, 0.29) is 23.4 Å². The molecule has 3 aromatic carbocycles. The van der Waals surface area contributed by atoms with Crippen molar-refractivity contribution in [2.75, 3.05) is 5.32 Å². The van der Waals surface area contributed by atoms with E-state index in [9.17, 15) is 9.59 Å². The number of rotatable bonds is 8. The Bertz CT molecular complexity index is 1180. The van der Waals surface area contributed by atoms with Crippen molar-refractivity contribution in [3.8, 4) is 5.75 Å². The molecule has 2 amide bonds. The van der Waals surface area contributed by atoms with Gasteiger partial charge in [0.2, 0.25) is 5.01 Å². The second-order valence-corrected chi connectivity index (χ2v) is 7.86. The van der Waals surface area contributed by atoms with Gasteiger partial charge in [0, 0.05) is 17.8 Å². The molecule has 2 N–H and O–H groups in total. The zero-order valence-electron chi connectivity index (χ0n) is 17.0. The van der Waals surface area contributed by atoms with Crippen LogP contribution in [-0.2, 0) is 13.2 Å². The van der Waals surface area contributed by atoms with Crippen LogP contribution >= 0.6 is 11.3 Å². The van der Waals surface area contributed by atoms with Crippen LogP contribution in [0, 0.1) is 0 Å². The van der Waals surface area contributed by atoms with E-state index in [1.165, 1.54) is 11.3 Å². The van der Waals surface area contributed by atoms with Gasteiger partial charge < -0.3 is 15.4 Å². The summed E-state index contributed by atoms with van der Waals surface area (Å²) in [4.78, 5) is 24.8. The fourth-order valence-electron chi connectivity index (χ4n) is 2.84. The molecule has 0 aliphatic heterocycles. The molecule has 0 saturated heterocycles. The smallest absolute Gasteiger partial charge is 0.286 e. The Hall–Kier alpha value is -4.04. The molecule has 0 atom stereocenters. The van der Waals surface area contributed by atoms with Gasteiger partial charge in [-0.15, -0.1) is 10.2 Å². The van der Waals surface area contributed by atoms with Gasteiger partial charge >= 0.3 is 0 Å². The highest BCUT2D eigenvalue weighted by molar-refractivity contribution is 7.13. The number of benzene rings is 3. The number of nitrogens with one attached hydrogen (secondary N) is 2. The van der Waals surface area contributed by atoms with Gasteiger partial charge in [0.15, 0.2) is 5.01 Å². The quantitative estimate of drug-likeness (QED) is 0.423. The van der Waals surface area contributed by atoms with Gasteiger partial charge in [0.1, 0.15) is 12.4 Å². The predicted octanol–water partition coefficient (Wildman–Crippen LogP) is 4.30. The maximum absolute atomic E-state index is 12.5. The zero-order valence-corrected chi connectivity index (χ0v) is 17.8. The monoisotopic (exact) mass is 444 g/mol. The second kappa shape index (κ2) is 10.3. The lowest BCUT2D eigenvalue weighted by atomic mass is 10.1. The number of carbonyl (C=O) groups excluding carboxylic acids is 2. The van der Waals surface area contributed by atoms with Gasteiger partial charge in [-0.05, 0) is 42.0 Å². The van der Waals surface area contributed by atoms with E-state index >= 15 is 0 Å². The van der Waals surface area contributed by atoms with E-state index in [0.29, 0.717) is 22.8 Å². The minimum Gasteiger partial charge on any atom is -0.486 e. The highest BCUT2D eigenvalue weighted by Crippen LogP contribution is 2.17. The van der Waals surface area contributed by atoms with Crippen LogP contribution in [-0.4, -0.2) is 22.0 Å². The first kappa shape index (κ1) is 21.2. The Morgan fingerprint density at radius 1 is 0.812 bits per heavy atom. The average molecular weight is 445 g/mol. The summed E-state index contributed by atoms with van der Waals surface area (Å²) in [5.74, 6) is 0.176. The Balaban J connectivity index is 1.29. The number of nitrogens with zero attached hydrogens (tertiary/aromatic N) is 2. The Morgan fingerprint density at radius 2 is 1.50 bits per heavy atom. The third kappa shape index (κ3) is 5.77. The first-order valence-corrected chi connectivity index (χ1v) is 10.7. The lowest BCUT2D eigenvalue weighted by molar-refractivity contribution is 0.0950. The molecule has 0 radical (unpaired) electrons. The molecule has 160 valence electrons. The second-order valence-electron chi connectivity index (χ2n) is 6.80. The normalized spacial score (nSPS) is 10.4. The maximum Gasteiger partial charge on any atom is 0.286 e. The number of amides is 2. The minimum absolute atomic E-state index is 0.182. The Labute approximate surface area is 189 Å². The van der Waals surface area contributed by atoms with Crippen LogP contribution in [0.5, 0.6) is 5.75 Å². The van der Waals surface area contributed by atoms with Crippen LogP contribution in [0.15, 0.2) is 84.9 Å². The van der Waals surface area contributed by atoms with E-state index in [1.54, 1.807) is 24.3 Å². The van der Waals surface area contributed by atoms with Crippen LogP contribution in [0.4, 0.5) is 5.69 Å². The van der Waals surface area contributed by atoms with Crippen molar-refractivity contribution < 1.29 is 14.3 Å². The Kier molecular flexibility index (Phi) is 6.84. The van der Waals surface area contributed by atoms with Gasteiger partial charge in [-0.3, -0.25) is 9.59 Å². The first-order chi connectivity index (χ1) is 15.7. The molecule has 1 heterocycles. The molecule has 0 aliphatic carbocycles. The van der Waals surface area contributed by atoms with Crippen LogP contribution < -0.4 is 15.4 Å². The molecule has 0 saturated carbocycles. The first-order valence-electron chi connectivity index (χ1n) is 9.91. The predicted molar refractivity (Wildman–Crippen MR) is 123 cm³/mol. The number of hydrogen-bond acceptors (Lipinski definition) is 6. The summed E-state index contributed by atoms with van der Waals surface area (Å²) < 4.78 is 5.63. The molecule has 0 spiro atoms. The maximum atomic E-state index is 12.5. The molecule has 32 heavy (non-hydrogen) atoms. The summed E-state index contributed by atoms with van der Waals surface area (Å²) >= 11 is 1.17. The van der Waals surface area contributed by atoms with Crippen LogP contribution in [0.1, 0.15) is 30.7 Å². The molecule has 1 aromatic heterocycles. The van der Waals surface area contributed by atoms with E-state index in [2.05, 4.69) is 20.8 Å². The molecule has 0 aliphatic rings. The minimum atomic E-state index is -0.366. The van der Waals surface area contributed by atoms with E-state index in [4.69, 9.17) is 4.74 Å². The SMILES string of the molecule is O=C(NCc1ccccc1)c1ccc(NC(=O)c2nnc(COc3ccccc3)s2)cc1. The van der Waals surface area contributed by atoms with Crippen molar-refractivity contribution >= 4 is 28.8 Å². The third-order valence-electron chi connectivity index (χ3n) is 4.47. The standard InChI is InChI=1S/C24H20N4O3S/c29-22(25-15-17-7-3-1-4-8-17)18-11-13-19(14-12-18)26-23(30)24-28-27-21(32-24)16-31-20-9-5-2-6-10-20/h1-14H,15-16H2,(H,25,29)(H,26,30). The largest absolute Gasteiger partial charge is 0.486 e. The molecule has 0 bridgehead atoms. The van der Waals surface area contributed by atoms with Gasteiger partial charge in [-0.25, -0.2) is 0 Å². The number of carbonyl (C=O) groups is 2. The average Bonchev–Trinajstić information content (AvgIpc) is 3.32. The van der Waals surface area contributed by atoms with E-state index in [1.807, 2.05) is 60.7 Å². The number of ether oxygens (including phenoxy) is 1. The summed E-state index contributed by atoms with van der Waals surface area (Å²) in [7, 11) is 0. The van der Waals surface area contributed by atoms with Crippen molar-refractivity contribution in [1.82, 2.24) is 15.5 Å². The van der Waals surface area contributed by atoms with E-state index < -0.39 is 0 Å².